The number of hydrogen-bond donors (Lipinski definition) is 0. The largest absolute Gasteiger partial charge is 0.491 e. The molecule has 0 aliphatic heterocycles. The minimum Gasteiger partial charge on any atom is -0.491 e. The van der Waals surface area contributed by atoms with Crippen LogP contribution in [0.1, 0.15) is 116 Å². The molecule has 42 heavy (non-hydrogen) atoms. The predicted octanol–water partition coefficient (Wildman–Crippen LogP) is 8.11. The van der Waals surface area contributed by atoms with Crippen molar-refractivity contribution in [2.45, 2.75) is 117 Å². The van der Waals surface area contributed by atoms with Crippen molar-refractivity contribution in [1.82, 2.24) is 0 Å². The first-order valence-corrected chi connectivity index (χ1v) is 16.9. The summed E-state index contributed by atoms with van der Waals surface area (Å²) < 4.78 is 33.0. The van der Waals surface area contributed by atoms with E-state index in [1.165, 1.54) is 82.6 Å². The molecule has 7 heteroatoms. The molecule has 0 aromatic heterocycles. The fraction of sp³-hybridized carbons (Fsp3) is 0.800. The van der Waals surface area contributed by atoms with Crippen LogP contribution < -0.4 is 4.74 Å². The van der Waals surface area contributed by atoms with Gasteiger partial charge in [0, 0.05) is 6.42 Å². The molecule has 1 aromatic carbocycles. The van der Waals surface area contributed by atoms with Gasteiger partial charge in [0.2, 0.25) is 0 Å². The highest BCUT2D eigenvalue weighted by Crippen LogP contribution is 2.15. The van der Waals surface area contributed by atoms with Crippen LogP contribution in [0.3, 0.4) is 0 Å². The number of hydrogen-bond acceptors (Lipinski definition) is 7. The Labute approximate surface area is 257 Å². The third kappa shape index (κ3) is 26.0. The maximum Gasteiger partial charge on any atom is 0.305 e. The molecule has 244 valence electrons. The highest BCUT2D eigenvalue weighted by Gasteiger charge is 2.03. The van der Waals surface area contributed by atoms with Crippen LogP contribution >= 0.6 is 0 Å². The summed E-state index contributed by atoms with van der Waals surface area (Å²) >= 11 is 0. The van der Waals surface area contributed by atoms with Gasteiger partial charge in [-0.2, -0.15) is 0 Å². The fourth-order valence-electron chi connectivity index (χ4n) is 4.53. The Bertz CT molecular complexity index is 695. The van der Waals surface area contributed by atoms with E-state index in [1.807, 2.05) is 0 Å². The number of unbranched alkanes of at least 4 members (excludes halogenated alkanes) is 12. The van der Waals surface area contributed by atoms with Crippen molar-refractivity contribution in [1.29, 1.82) is 0 Å². The molecule has 1 rings (SSSR count). The van der Waals surface area contributed by atoms with E-state index < -0.39 is 0 Å². The van der Waals surface area contributed by atoms with Crippen molar-refractivity contribution in [2.75, 3.05) is 66.1 Å². The maximum absolute atomic E-state index is 11.7. The van der Waals surface area contributed by atoms with Gasteiger partial charge >= 0.3 is 5.97 Å². The molecule has 0 aliphatic carbocycles. The Morgan fingerprint density at radius 3 is 1.45 bits per heavy atom. The van der Waals surface area contributed by atoms with Crippen molar-refractivity contribution in [3.05, 3.63) is 29.8 Å². The Hall–Kier alpha value is -1.67. The first kappa shape index (κ1) is 38.4. The van der Waals surface area contributed by atoms with Gasteiger partial charge < -0.3 is 28.4 Å². The van der Waals surface area contributed by atoms with E-state index in [2.05, 4.69) is 38.1 Å². The Morgan fingerprint density at radius 2 is 0.929 bits per heavy atom. The standard InChI is InChI=1S/C35H62O7/c1-3-5-7-9-11-13-15-17-33-19-21-34(22-20-33)41-31-29-39-27-25-37-23-24-38-26-28-40-30-32-42-35(36)18-16-14-12-10-8-6-4-2/h19-22H,3-18,23-32H2,1-2H3. The van der Waals surface area contributed by atoms with Crippen molar-refractivity contribution in [3.8, 4) is 5.75 Å². The Balaban J connectivity index is 1.79. The zero-order valence-corrected chi connectivity index (χ0v) is 27.1. The van der Waals surface area contributed by atoms with Crippen LogP contribution in [0.15, 0.2) is 24.3 Å². The van der Waals surface area contributed by atoms with E-state index in [4.69, 9.17) is 28.4 Å². The molecule has 0 N–H and O–H groups in total. The van der Waals surface area contributed by atoms with Crippen LogP contribution in [0.5, 0.6) is 5.75 Å². The SMILES string of the molecule is CCCCCCCCCC(=O)OCCOCCOCCOCCOCCOc1ccc(CCCCCCCCC)cc1. The van der Waals surface area contributed by atoms with Crippen molar-refractivity contribution < 1.29 is 33.2 Å². The van der Waals surface area contributed by atoms with Gasteiger partial charge in [0.1, 0.15) is 19.0 Å². The van der Waals surface area contributed by atoms with E-state index in [0.29, 0.717) is 72.5 Å². The molecule has 0 radical (unpaired) electrons. The lowest BCUT2D eigenvalue weighted by Crippen LogP contribution is -2.15. The second-order valence-electron chi connectivity index (χ2n) is 10.9. The molecule has 0 atom stereocenters. The molecule has 0 amide bonds. The van der Waals surface area contributed by atoms with Crippen LogP contribution in [-0.4, -0.2) is 72.0 Å². The third-order valence-electron chi connectivity index (χ3n) is 7.08. The summed E-state index contributed by atoms with van der Waals surface area (Å²) in [6.45, 7) is 9.28. The molecule has 1 aromatic rings. The summed E-state index contributed by atoms with van der Waals surface area (Å²) in [4.78, 5) is 11.7. The van der Waals surface area contributed by atoms with Crippen molar-refractivity contribution in [3.63, 3.8) is 0 Å². The zero-order valence-electron chi connectivity index (χ0n) is 27.1. The highest BCUT2D eigenvalue weighted by molar-refractivity contribution is 5.69. The fourth-order valence-corrected chi connectivity index (χ4v) is 4.53. The quantitative estimate of drug-likeness (QED) is 0.0616. The molecular formula is C35H62O7. The molecule has 0 aliphatic rings. The number of carbonyl (C=O) groups is 1. The zero-order chi connectivity index (χ0) is 30.2. The Morgan fingerprint density at radius 1 is 0.500 bits per heavy atom. The van der Waals surface area contributed by atoms with Crippen LogP contribution in [0.4, 0.5) is 0 Å². The van der Waals surface area contributed by atoms with Crippen LogP contribution in [0.25, 0.3) is 0 Å². The highest BCUT2D eigenvalue weighted by atomic mass is 16.6. The first-order valence-electron chi connectivity index (χ1n) is 16.9. The molecule has 7 nitrogen and oxygen atoms in total. The van der Waals surface area contributed by atoms with Crippen molar-refractivity contribution >= 4 is 5.97 Å². The topological polar surface area (TPSA) is 72.5 Å². The molecule has 0 unspecified atom stereocenters. The van der Waals surface area contributed by atoms with Gasteiger partial charge in [-0.1, -0.05) is 103 Å². The first-order chi connectivity index (χ1) is 20.8. The average Bonchev–Trinajstić information content (AvgIpc) is 3.00. The number of aryl methyl sites for hydroxylation is 1. The van der Waals surface area contributed by atoms with E-state index in [-0.39, 0.29) is 5.97 Å². The molecule has 0 bridgehead atoms. The minimum atomic E-state index is -0.129. The second-order valence-corrected chi connectivity index (χ2v) is 10.9. The number of carbonyl (C=O) groups excluding carboxylic acids is 1. The maximum atomic E-state index is 11.7. The molecular weight excluding hydrogens is 532 g/mol. The number of rotatable bonds is 32. The molecule has 0 saturated heterocycles. The van der Waals surface area contributed by atoms with Gasteiger partial charge in [0.15, 0.2) is 0 Å². The van der Waals surface area contributed by atoms with Crippen molar-refractivity contribution in [2.24, 2.45) is 0 Å². The minimum absolute atomic E-state index is 0.129. The lowest BCUT2D eigenvalue weighted by molar-refractivity contribution is -0.145. The molecule has 0 saturated carbocycles. The van der Waals surface area contributed by atoms with E-state index >= 15 is 0 Å². The predicted molar refractivity (Wildman–Crippen MR) is 170 cm³/mol. The molecule has 0 heterocycles. The smallest absolute Gasteiger partial charge is 0.305 e. The number of benzene rings is 1. The summed E-state index contributed by atoms with van der Waals surface area (Å²) in [5, 5.41) is 0. The molecule has 0 spiro atoms. The third-order valence-corrected chi connectivity index (χ3v) is 7.08. The van der Waals surface area contributed by atoms with Crippen LogP contribution in [0, 0.1) is 0 Å². The van der Waals surface area contributed by atoms with Gasteiger partial charge in [0.25, 0.3) is 0 Å². The monoisotopic (exact) mass is 594 g/mol. The molecule has 0 fully saturated rings. The summed E-state index contributed by atoms with van der Waals surface area (Å²) in [5.74, 6) is 0.759. The lowest BCUT2D eigenvalue weighted by Gasteiger charge is -2.09. The van der Waals surface area contributed by atoms with Gasteiger partial charge in [-0.05, 0) is 37.0 Å². The lowest BCUT2D eigenvalue weighted by atomic mass is 10.0. The van der Waals surface area contributed by atoms with Gasteiger partial charge in [-0.25, -0.2) is 0 Å². The van der Waals surface area contributed by atoms with Gasteiger partial charge in [0.05, 0.1) is 52.9 Å². The number of esters is 1. The average molecular weight is 595 g/mol. The summed E-state index contributed by atoms with van der Waals surface area (Å²) in [7, 11) is 0. The van der Waals surface area contributed by atoms with Gasteiger partial charge in [-0.3, -0.25) is 4.79 Å². The van der Waals surface area contributed by atoms with Crippen LogP contribution in [-0.2, 0) is 34.9 Å². The van der Waals surface area contributed by atoms with Gasteiger partial charge in [-0.15, -0.1) is 0 Å². The normalized spacial score (nSPS) is 11.2. The van der Waals surface area contributed by atoms with Crippen LogP contribution in [0.2, 0.25) is 0 Å². The van der Waals surface area contributed by atoms with E-state index in [0.717, 1.165) is 25.0 Å². The number of ether oxygens (including phenoxy) is 6. The summed E-state index contributed by atoms with van der Waals surface area (Å²) in [6.07, 6.45) is 19.4. The Kier molecular flexibility index (Phi) is 28.1. The van der Waals surface area contributed by atoms with E-state index in [9.17, 15) is 4.79 Å². The summed E-state index contributed by atoms with van der Waals surface area (Å²) in [5.41, 5.74) is 1.38. The second kappa shape index (κ2) is 30.8. The summed E-state index contributed by atoms with van der Waals surface area (Å²) in [6, 6.07) is 8.45. The van der Waals surface area contributed by atoms with E-state index in [1.54, 1.807) is 0 Å².